The van der Waals surface area contributed by atoms with E-state index < -0.39 is 0 Å². The van der Waals surface area contributed by atoms with Crippen molar-refractivity contribution in [3.05, 3.63) is 58.7 Å². The van der Waals surface area contributed by atoms with E-state index in [4.69, 9.17) is 0 Å². The number of benzene rings is 2. The summed E-state index contributed by atoms with van der Waals surface area (Å²) in [5, 5.41) is 22.4. The number of aryl methyl sites for hydroxylation is 2. The third-order valence-corrected chi connectivity index (χ3v) is 7.26. The molecule has 0 bridgehead atoms. The summed E-state index contributed by atoms with van der Waals surface area (Å²) in [6.07, 6.45) is 7.33. The molecule has 0 saturated heterocycles. The van der Waals surface area contributed by atoms with E-state index in [1.807, 2.05) is 25.1 Å². The van der Waals surface area contributed by atoms with Crippen LogP contribution in [0, 0.1) is 30.1 Å². The molecule has 5 rings (SSSR count). The molecule has 2 aliphatic carbocycles. The van der Waals surface area contributed by atoms with Crippen molar-refractivity contribution < 1.29 is 4.79 Å². The summed E-state index contributed by atoms with van der Waals surface area (Å²) >= 11 is 1.60. The van der Waals surface area contributed by atoms with Gasteiger partial charge in [0.05, 0.1) is 18.2 Å². The Labute approximate surface area is 207 Å². The molecular weight excluding hydrogens is 440 g/mol. The molecule has 3 aromatic rings. The molecule has 0 aliphatic heterocycles. The maximum atomic E-state index is 9.34. The minimum atomic E-state index is 0.458. The normalized spacial score (nSPS) is 13.8. The zero-order valence-electron chi connectivity index (χ0n) is 20.6. The van der Waals surface area contributed by atoms with Crippen molar-refractivity contribution in [3.8, 4) is 27.2 Å². The molecule has 0 unspecified atom stereocenters. The minimum Gasteiger partial charge on any atom is -0.313 e. The van der Waals surface area contributed by atoms with Gasteiger partial charge in [0, 0.05) is 11.1 Å². The second-order valence-electron chi connectivity index (χ2n) is 9.16. The highest BCUT2D eigenvalue weighted by Crippen LogP contribution is 2.37. The zero-order valence-corrected chi connectivity index (χ0v) is 21.4. The Balaban J connectivity index is 0.000000244. The number of nitrogens with zero attached hydrogens (tertiary/aromatic N) is 3. The number of hydrogen-bond acceptors (Lipinski definition) is 6. The van der Waals surface area contributed by atoms with E-state index in [2.05, 4.69) is 53.6 Å². The van der Waals surface area contributed by atoms with Crippen LogP contribution in [0.15, 0.2) is 36.4 Å². The van der Waals surface area contributed by atoms with Gasteiger partial charge in [-0.2, -0.15) is 5.26 Å². The summed E-state index contributed by atoms with van der Waals surface area (Å²) in [5.74, 6) is 2.06. The first-order valence-electron chi connectivity index (χ1n) is 12.0. The summed E-state index contributed by atoms with van der Waals surface area (Å²) < 4.78 is 0. The molecule has 0 atom stereocenters. The first kappa shape index (κ1) is 25.7. The average Bonchev–Trinajstić information content (AvgIpc) is 3.39. The van der Waals surface area contributed by atoms with Gasteiger partial charge >= 0.3 is 0 Å². The molecule has 1 heterocycles. The molecular formula is C28H34N4OS. The van der Waals surface area contributed by atoms with Gasteiger partial charge in [-0.25, -0.2) is 0 Å². The Morgan fingerprint density at radius 2 is 1.94 bits per heavy atom. The van der Waals surface area contributed by atoms with Crippen LogP contribution in [-0.2, 0) is 17.6 Å². The molecule has 0 radical (unpaired) electrons. The number of aldehydes is 1. The van der Waals surface area contributed by atoms with Gasteiger partial charge in [0.1, 0.15) is 16.3 Å². The van der Waals surface area contributed by atoms with E-state index in [1.165, 1.54) is 42.4 Å². The van der Waals surface area contributed by atoms with Crippen molar-refractivity contribution in [1.29, 1.82) is 5.26 Å². The predicted molar refractivity (Wildman–Crippen MR) is 140 cm³/mol. The van der Waals surface area contributed by atoms with Crippen molar-refractivity contribution in [2.75, 3.05) is 13.6 Å². The molecule has 0 spiro atoms. The molecule has 5 nitrogen and oxygen atoms in total. The predicted octanol–water partition coefficient (Wildman–Crippen LogP) is 6.00. The van der Waals surface area contributed by atoms with E-state index >= 15 is 0 Å². The second kappa shape index (κ2) is 12.5. The molecule has 6 heteroatoms. The Hall–Kier alpha value is -2.88. The van der Waals surface area contributed by atoms with Crippen LogP contribution in [0.1, 0.15) is 55.4 Å². The summed E-state index contributed by atoms with van der Waals surface area (Å²) in [5.41, 5.74) is 6.74. The van der Waals surface area contributed by atoms with Crippen LogP contribution in [0.3, 0.4) is 0 Å². The van der Waals surface area contributed by atoms with Crippen LogP contribution in [0.2, 0.25) is 0 Å². The highest BCUT2D eigenvalue weighted by Gasteiger charge is 2.24. The maximum Gasteiger partial charge on any atom is 0.148 e. The molecule has 2 aromatic carbocycles. The molecule has 1 aromatic heterocycles. The van der Waals surface area contributed by atoms with Crippen molar-refractivity contribution in [1.82, 2.24) is 15.5 Å². The number of fused-ring (bicyclic) bond motifs is 1. The lowest BCUT2D eigenvalue weighted by Gasteiger charge is -2.04. The van der Waals surface area contributed by atoms with Gasteiger partial charge in [-0.3, -0.25) is 0 Å². The fourth-order valence-electron chi connectivity index (χ4n) is 3.99. The first-order valence-corrected chi connectivity index (χ1v) is 12.8. The first-order chi connectivity index (χ1) is 16.5. The zero-order chi connectivity index (χ0) is 24.5. The highest BCUT2D eigenvalue weighted by molar-refractivity contribution is 7.17. The van der Waals surface area contributed by atoms with Gasteiger partial charge in [0.15, 0.2) is 0 Å². The summed E-state index contributed by atoms with van der Waals surface area (Å²) in [6, 6.07) is 14.6. The van der Waals surface area contributed by atoms with E-state index in [1.54, 1.807) is 18.4 Å². The lowest BCUT2D eigenvalue weighted by molar-refractivity contribution is -0.107. The van der Waals surface area contributed by atoms with E-state index in [0.29, 0.717) is 12.1 Å². The number of hydrogen-bond donors (Lipinski definition) is 1. The number of rotatable bonds is 5. The van der Waals surface area contributed by atoms with Crippen LogP contribution in [0.5, 0.6) is 0 Å². The molecule has 0 amide bonds. The largest absolute Gasteiger partial charge is 0.313 e. The van der Waals surface area contributed by atoms with Gasteiger partial charge in [-0.05, 0) is 80.7 Å². The highest BCUT2D eigenvalue weighted by atomic mass is 32.1. The van der Waals surface area contributed by atoms with Crippen LogP contribution < -0.4 is 5.32 Å². The molecule has 2 aliphatic rings. The number of aromatic nitrogens is 2. The van der Waals surface area contributed by atoms with Crippen molar-refractivity contribution in [2.45, 2.75) is 52.9 Å². The number of carbonyl (C=O) groups excluding carboxylic acids is 1. The molecule has 1 fully saturated rings. The topological polar surface area (TPSA) is 78.7 Å². The van der Waals surface area contributed by atoms with Crippen LogP contribution in [0.4, 0.5) is 0 Å². The van der Waals surface area contributed by atoms with Gasteiger partial charge in [-0.15, -0.1) is 10.2 Å². The smallest absolute Gasteiger partial charge is 0.148 e. The fraction of sp³-hybridized carbons (Fsp3) is 0.429. The van der Waals surface area contributed by atoms with Crippen LogP contribution in [0.25, 0.3) is 21.1 Å². The maximum absolute atomic E-state index is 9.34. The van der Waals surface area contributed by atoms with Gasteiger partial charge < -0.3 is 10.1 Å². The minimum absolute atomic E-state index is 0.458. The van der Waals surface area contributed by atoms with Gasteiger partial charge in [0.25, 0.3) is 0 Å². The molecule has 178 valence electrons. The number of likely N-dealkylation sites (N-methyl/N-ethyl adjacent to an activating group) is 1. The quantitative estimate of drug-likeness (QED) is 0.459. The van der Waals surface area contributed by atoms with Crippen molar-refractivity contribution in [3.63, 3.8) is 0 Å². The van der Waals surface area contributed by atoms with E-state index in [0.717, 1.165) is 45.7 Å². The lowest BCUT2D eigenvalue weighted by atomic mass is 10.0. The lowest BCUT2D eigenvalue weighted by Crippen LogP contribution is -2.07. The van der Waals surface area contributed by atoms with E-state index in [-0.39, 0.29) is 0 Å². The van der Waals surface area contributed by atoms with Crippen LogP contribution >= 0.6 is 11.3 Å². The number of carbonyl (C=O) groups is 1. The van der Waals surface area contributed by atoms with Gasteiger partial charge in [0.2, 0.25) is 0 Å². The second-order valence-corrected chi connectivity index (χ2v) is 10.1. The Bertz CT molecular complexity index is 1140. The fourth-order valence-corrected chi connectivity index (χ4v) is 4.88. The summed E-state index contributed by atoms with van der Waals surface area (Å²) in [6.45, 7) is 7.01. The third-order valence-electron chi connectivity index (χ3n) is 6.26. The number of nitrogens with one attached hydrogen (secondary N) is 1. The number of nitriles is 1. The third kappa shape index (κ3) is 6.82. The van der Waals surface area contributed by atoms with Gasteiger partial charge in [-0.1, -0.05) is 55.5 Å². The van der Waals surface area contributed by atoms with Crippen molar-refractivity contribution >= 4 is 17.6 Å². The standard InChI is InChI=1S/C19H15N3S.C6H12.C3H7NO/c1-12-8-9-14(10-15(12)11-20)18-21-22-19(23-18)17-7-3-5-13-4-2-6-16(13)17;1-5(2)6-3-4-6;1-4-2-3-5/h3,5,7-10H,2,4,6H2,1H3;5-6H,3-4H2,1-2H3;3-4H,2H2,1H3. The Morgan fingerprint density at radius 1 is 1.18 bits per heavy atom. The SMILES string of the molecule is CC(C)C1CC1.CNCC=O.Cc1ccc(-c2nnc(-c3cccc4c3CCC4)s2)cc1C#N. The monoisotopic (exact) mass is 474 g/mol. The summed E-state index contributed by atoms with van der Waals surface area (Å²) in [4.78, 5) is 9.34. The Morgan fingerprint density at radius 3 is 2.53 bits per heavy atom. The van der Waals surface area contributed by atoms with E-state index in [9.17, 15) is 10.1 Å². The van der Waals surface area contributed by atoms with Crippen LogP contribution in [-0.4, -0.2) is 30.1 Å². The molecule has 34 heavy (non-hydrogen) atoms. The summed E-state index contributed by atoms with van der Waals surface area (Å²) in [7, 11) is 1.73. The van der Waals surface area contributed by atoms with Crippen molar-refractivity contribution in [2.24, 2.45) is 11.8 Å². The average molecular weight is 475 g/mol. The molecule has 1 N–H and O–H groups in total. The molecule has 1 saturated carbocycles. The Kier molecular flexibility index (Phi) is 9.50.